The first-order valence-corrected chi connectivity index (χ1v) is 8.28. The molecule has 0 aromatic heterocycles. The van der Waals surface area contributed by atoms with Crippen LogP contribution in [0.25, 0.3) is 0 Å². The summed E-state index contributed by atoms with van der Waals surface area (Å²) >= 11 is 0. The van der Waals surface area contributed by atoms with Crippen molar-refractivity contribution in [1.82, 2.24) is 14.3 Å². The van der Waals surface area contributed by atoms with Crippen LogP contribution in [0.1, 0.15) is 40.0 Å². The van der Waals surface area contributed by atoms with Crippen LogP contribution in [0.15, 0.2) is 0 Å². The molecule has 0 radical (unpaired) electrons. The molecule has 0 amide bonds. The Morgan fingerprint density at radius 2 is 2.11 bits per heavy atom. The van der Waals surface area contributed by atoms with Crippen molar-refractivity contribution in [3.05, 3.63) is 0 Å². The first-order valence-electron chi connectivity index (χ1n) is 6.84. The summed E-state index contributed by atoms with van der Waals surface area (Å²) in [5.74, 6) is 0.575. The van der Waals surface area contributed by atoms with E-state index < -0.39 is 10.2 Å². The van der Waals surface area contributed by atoms with Gasteiger partial charge < -0.3 is 5.32 Å². The summed E-state index contributed by atoms with van der Waals surface area (Å²) < 4.78 is 28.1. The smallest absolute Gasteiger partial charge is 0.279 e. The van der Waals surface area contributed by atoms with Gasteiger partial charge in [0.25, 0.3) is 10.2 Å². The van der Waals surface area contributed by atoms with Gasteiger partial charge in [-0.1, -0.05) is 13.3 Å². The van der Waals surface area contributed by atoms with Crippen LogP contribution in [0.5, 0.6) is 0 Å². The molecule has 0 aliphatic carbocycles. The van der Waals surface area contributed by atoms with E-state index in [9.17, 15) is 8.42 Å². The lowest BCUT2D eigenvalue weighted by Gasteiger charge is -2.32. The van der Waals surface area contributed by atoms with Crippen LogP contribution >= 0.6 is 0 Å². The molecule has 0 aromatic rings. The predicted octanol–water partition coefficient (Wildman–Crippen LogP) is 0.939. The molecule has 2 N–H and O–H groups in total. The monoisotopic (exact) mass is 277 g/mol. The number of nitrogens with zero attached hydrogens (tertiary/aromatic N) is 1. The minimum atomic E-state index is -3.35. The van der Waals surface area contributed by atoms with E-state index in [1.54, 1.807) is 7.05 Å². The van der Waals surface area contributed by atoms with Crippen molar-refractivity contribution in [1.29, 1.82) is 0 Å². The average molecular weight is 277 g/mol. The van der Waals surface area contributed by atoms with Gasteiger partial charge in [0.2, 0.25) is 0 Å². The molecule has 1 fully saturated rings. The van der Waals surface area contributed by atoms with Gasteiger partial charge in [-0.25, -0.2) is 4.72 Å². The van der Waals surface area contributed by atoms with E-state index in [4.69, 9.17) is 0 Å². The van der Waals surface area contributed by atoms with Gasteiger partial charge in [0, 0.05) is 25.7 Å². The Bertz CT molecular complexity index is 343. The van der Waals surface area contributed by atoms with Crippen LogP contribution < -0.4 is 10.0 Å². The normalized spacial score (nSPS) is 25.9. The molecule has 0 bridgehead atoms. The van der Waals surface area contributed by atoms with Crippen LogP contribution in [0.2, 0.25) is 0 Å². The number of hydrogen-bond donors (Lipinski definition) is 2. The first kappa shape index (κ1) is 15.9. The van der Waals surface area contributed by atoms with E-state index in [2.05, 4.69) is 17.0 Å². The van der Waals surface area contributed by atoms with E-state index in [1.807, 2.05) is 13.8 Å². The quantitative estimate of drug-likeness (QED) is 0.759. The molecule has 1 saturated heterocycles. The molecule has 6 heteroatoms. The molecule has 2 atom stereocenters. The molecule has 2 unspecified atom stereocenters. The standard InChI is InChI=1S/C12H27N3O2S/c1-5-11-7-6-8-13-12(11)9-14-18(16,17)15(4)10(2)3/h10-14H,5-9H2,1-4H3. The third kappa shape index (κ3) is 4.19. The Morgan fingerprint density at radius 1 is 1.44 bits per heavy atom. The molecule has 18 heavy (non-hydrogen) atoms. The van der Waals surface area contributed by atoms with Gasteiger partial charge in [0.15, 0.2) is 0 Å². The maximum Gasteiger partial charge on any atom is 0.279 e. The highest BCUT2D eigenvalue weighted by molar-refractivity contribution is 7.87. The van der Waals surface area contributed by atoms with Crippen molar-refractivity contribution in [2.45, 2.75) is 52.1 Å². The second-order valence-corrected chi connectivity index (χ2v) is 7.15. The second kappa shape index (κ2) is 6.84. The Kier molecular flexibility index (Phi) is 6.04. The maximum absolute atomic E-state index is 12.0. The molecule has 0 saturated carbocycles. The zero-order chi connectivity index (χ0) is 13.8. The minimum Gasteiger partial charge on any atom is -0.312 e. The zero-order valence-corrected chi connectivity index (χ0v) is 12.8. The molecule has 1 aliphatic rings. The van der Waals surface area contributed by atoms with E-state index in [1.165, 1.54) is 17.1 Å². The van der Waals surface area contributed by atoms with Gasteiger partial charge >= 0.3 is 0 Å². The van der Waals surface area contributed by atoms with Gasteiger partial charge in [0.05, 0.1) is 0 Å². The summed E-state index contributed by atoms with van der Waals surface area (Å²) in [6.07, 6.45) is 3.48. The first-order chi connectivity index (χ1) is 8.38. The number of piperidine rings is 1. The highest BCUT2D eigenvalue weighted by atomic mass is 32.2. The maximum atomic E-state index is 12.0. The SMILES string of the molecule is CCC1CCCNC1CNS(=O)(=O)N(C)C(C)C. The fourth-order valence-electron chi connectivity index (χ4n) is 2.32. The Morgan fingerprint density at radius 3 is 2.67 bits per heavy atom. The van der Waals surface area contributed by atoms with Crippen molar-refractivity contribution in [3.8, 4) is 0 Å². The number of rotatable bonds is 6. The van der Waals surface area contributed by atoms with Crippen molar-refractivity contribution >= 4 is 10.2 Å². The van der Waals surface area contributed by atoms with Crippen molar-refractivity contribution in [2.24, 2.45) is 5.92 Å². The molecule has 0 aromatic carbocycles. The lowest BCUT2D eigenvalue weighted by atomic mass is 9.89. The molecule has 5 nitrogen and oxygen atoms in total. The molecule has 108 valence electrons. The predicted molar refractivity (Wildman–Crippen MR) is 74.6 cm³/mol. The van der Waals surface area contributed by atoms with Crippen LogP contribution in [0, 0.1) is 5.92 Å². The molecule has 1 rings (SSSR count). The second-order valence-electron chi connectivity index (χ2n) is 5.33. The molecule has 0 spiro atoms. The van der Waals surface area contributed by atoms with Crippen molar-refractivity contribution in [2.75, 3.05) is 20.1 Å². The van der Waals surface area contributed by atoms with Crippen molar-refractivity contribution < 1.29 is 8.42 Å². The summed E-state index contributed by atoms with van der Waals surface area (Å²) in [7, 11) is -1.74. The molecule has 1 aliphatic heterocycles. The lowest BCUT2D eigenvalue weighted by molar-refractivity contribution is 0.271. The summed E-state index contributed by atoms with van der Waals surface area (Å²) in [4.78, 5) is 0. The van der Waals surface area contributed by atoms with E-state index >= 15 is 0 Å². The average Bonchev–Trinajstić information content (AvgIpc) is 2.35. The fraction of sp³-hybridized carbons (Fsp3) is 1.00. The van der Waals surface area contributed by atoms with Crippen LogP contribution in [-0.4, -0.2) is 44.9 Å². The van der Waals surface area contributed by atoms with Gasteiger partial charge in [-0.3, -0.25) is 0 Å². The minimum absolute atomic E-state index is 0.0243. The summed E-state index contributed by atoms with van der Waals surface area (Å²) in [5.41, 5.74) is 0. The summed E-state index contributed by atoms with van der Waals surface area (Å²) in [6.45, 7) is 7.38. The Balaban J connectivity index is 2.53. The lowest BCUT2D eigenvalue weighted by Crippen LogP contribution is -2.51. The third-order valence-electron chi connectivity index (χ3n) is 3.84. The number of nitrogens with one attached hydrogen (secondary N) is 2. The van der Waals surface area contributed by atoms with Crippen molar-refractivity contribution in [3.63, 3.8) is 0 Å². The van der Waals surface area contributed by atoms with Gasteiger partial charge in [0.1, 0.15) is 0 Å². The van der Waals surface area contributed by atoms with E-state index in [0.29, 0.717) is 12.5 Å². The summed E-state index contributed by atoms with van der Waals surface area (Å²) in [6, 6.07) is 0.239. The van der Waals surface area contributed by atoms with Gasteiger partial charge in [-0.15, -0.1) is 0 Å². The van der Waals surface area contributed by atoms with E-state index in [0.717, 1.165) is 13.0 Å². The summed E-state index contributed by atoms with van der Waals surface area (Å²) in [5, 5.41) is 3.42. The highest BCUT2D eigenvalue weighted by Gasteiger charge is 2.26. The van der Waals surface area contributed by atoms with Crippen LogP contribution in [-0.2, 0) is 10.2 Å². The van der Waals surface area contributed by atoms with E-state index in [-0.39, 0.29) is 12.1 Å². The highest BCUT2D eigenvalue weighted by Crippen LogP contribution is 2.19. The molecular weight excluding hydrogens is 250 g/mol. The third-order valence-corrected chi connectivity index (χ3v) is 5.55. The largest absolute Gasteiger partial charge is 0.312 e. The Labute approximate surface area is 112 Å². The van der Waals surface area contributed by atoms with Crippen LogP contribution in [0.4, 0.5) is 0 Å². The zero-order valence-electron chi connectivity index (χ0n) is 11.9. The topological polar surface area (TPSA) is 61.4 Å². The molecule has 1 heterocycles. The number of hydrogen-bond acceptors (Lipinski definition) is 3. The van der Waals surface area contributed by atoms with Gasteiger partial charge in [-0.2, -0.15) is 12.7 Å². The van der Waals surface area contributed by atoms with Gasteiger partial charge in [-0.05, 0) is 39.2 Å². The Hall–Kier alpha value is -0.170. The fourth-order valence-corrected chi connectivity index (χ4v) is 3.47. The molecular formula is C12H27N3O2S. The van der Waals surface area contributed by atoms with Crippen LogP contribution in [0.3, 0.4) is 0 Å².